The summed E-state index contributed by atoms with van der Waals surface area (Å²) in [5.74, 6) is 0. The van der Waals surface area contributed by atoms with E-state index in [9.17, 15) is 0 Å². The Hall–Kier alpha value is -0.0800. The molecule has 2 heteroatoms. The first-order valence-electron chi connectivity index (χ1n) is 2.34. The highest BCUT2D eigenvalue weighted by atomic mass is 16.5. The van der Waals surface area contributed by atoms with E-state index in [0.29, 0.717) is 0 Å². The van der Waals surface area contributed by atoms with E-state index in [4.69, 9.17) is 11.8 Å². The van der Waals surface area contributed by atoms with Crippen molar-refractivity contribution in [1.29, 1.82) is 0 Å². The number of hydrogen-bond donors (Lipinski definition) is 1. The molecule has 0 amide bonds. The Labute approximate surface area is 44.9 Å². The molecule has 0 bridgehead atoms. The fraction of sp³-hybridized carbons (Fsp3) is 0.800. The summed E-state index contributed by atoms with van der Waals surface area (Å²) in [6.07, 6.45) is 0.979. The molecule has 0 fully saturated rings. The van der Waals surface area contributed by atoms with Gasteiger partial charge in [0.15, 0.2) is 0 Å². The van der Waals surface area contributed by atoms with E-state index in [2.05, 4.69) is 5.32 Å². The quantitative estimate of drug-likeness (QED) is 0.405. The summed E-state index contributed by atoms with van der Waals surface area (Å²) >= 11 is 0. The summed E-state index contributed by atoms with van der Waals surface area (Å²) in [6, 6.07) is 0. The van der Waals surface area contributed by atoms with E-state index in [-0.39, 0.29) is 0 Å². The number of rotatable bonds is 4. The maximum Gasteiger partial charge on any atom is 0.0474 e. The molecular formula is C5H11NO. The average molecular weight is 101 g/mol. The Bertz CT molecular complexity index is 27.3. The molecule has 2 nitrogen and oxygen atoms in total. The highest BCUT2D eigenvalue weighted by molar-refractivity contribution is 4.40. The van der Waals surface area contributed by atoms with Gasteiger partial charge >= 0.3 is 0 Å². The molecule has 42 valence electrons. The summed E-state index contributed by atoms with van der Waals surface area (Å²) < 4.78 is 4.75. The molecule has 0 aliphatic heterocycles. The van der Waals surface area contributed by atoms with Crippen molar-refractivity contribution in [2.45, 2.75) is 6.42 Å². The van der Waals surface area contributed by atoms with Gasteiger partial charge in [0.25, 0.3) is 0 Å². The van der Waals surface area contributed by atoms with Crippen molar-refractivity contribution >= 4 is 0 Å². The molecule has 0 aliphatic rings. The summed E-state index contributed by atoms with van der Waals surface area (Å²) in [7, 11) is 6.64. The van der Waals surface area contributed by atoms with Crippen LogP contribution < -0.4 is 5.32 Å². The van der Waals surface area contributed by atoms with Gasteiger partial charge in [-0.05, 0) is 13.0 Å². The van der Waals surface area contributed by atoms with E-state index >= 15 is 0 Å². The molecule has 0 aliphatic carbocycles. The lowest BCUT2D eigenvalue weighted by Crippen LogP contribution is -2.06. The Kier molecular flexibility index (Phi) is 5.85. The van der Waals surface area contributed by atoms with Crippen LogP contribution in [0.25, 0.3) is 0 Å². The highest BCUT2D eigenvalue weighted by Gasteiger charge is 1.78. The second-order valence-electron chi connectivity index (χ2n) is 1.30. The van der Waals surface area contributed by atoms with Crippen LogP contribution in [0.2, 0.25) is 0 Å². The fourth-order valence-electron chi connectivity index (χ4n) is 0.319. The van der Waals surface area contributed by atoms with Crippen molar-refractivity contribution in [1.82, 2.24) is 5.32 Å². The lowest BCUT2D eigenvalue weighted by molar-refractivity contribution is 0.195. The largest absolute Gasteiger partial charge is 0.385 e. The number of nitrogens with one attached hydrogen (secondary N) is 1. The zero-order chi connectivity index (χ0) is 5.54. The van der Waals surface area contributed by atoms with Gasteiger partial charge in [0.1, 0.15) is 0 Å². The highest BCUT2D eigenvalue weighted by Crippen LogP contribution is 1.73. The molecule has 2 radical (unpaired) electrons. The lowest BCUT2D eigenvalue weighted by atomic mass is 10.5. The molecular weight excluding hydrogens is 90.1 g/mol. The third-order valence-electron chi connectivity index (χ3n) is 0.670. The molecule has 0 aromatic rings. The Morgan fingerprint density at radius 1 is 1.71 bits per heavy atom. The monoisotopic (exact) mass is 101 g/mol. The minimum atomic E-state index is 0.782. The van der Waals surface area contributed by atoms with Crippen LogP contribution >= 0.6 is 0 Å². The Morgan fingerprint density at radius 2 is 2.43 bits per heavy atom. The molecule has 0 unspecified atom stereocenters. The van der Waals surface area contributed by atoms with E-state index in [1.807, 2.05) is 0 Å². The van der Waals surface area contributed by atoms with Gasteiger partial charge < -0.3 is 10.1 Å². The van der Waals surface area contributed by atoms with E-state index in [0.717, 1.165) is 19.6 Å². The molecule has 1 N–H and O–H groups in total. The van der Waals surface area contributed by atoms with Crippen LogP contribution in [0, 0.1) is 7.05 Å². The Morgan fingerprint density at radius 3 is 2.86 bits per heavy atom. The summed E-state index contributed by atoms with van der Waals surface area (Å²) in [6.45, 7) is 1.61. The van der Waals surface area contributed by atoms with Gasteiger partial charge in [-0.15, -0.1) is 0 Å². The van der Waals surface area contributed by atoms with Crippen molar-refractivity contribution in [3.63, 3.8) is 0 Å². The standard InChI is InChI=1S/C5H11NO/c1-6-4-3-5-7-2/h1,6H,3-5H2,2H3. The van der Waals surface area contributed by atoms with Crippen LogP contribution in [0.3, 0.4) is 0 Å². The first-order valence-corrected chi connectivity index (χ1v) is 2.34. The lowest BCUT2D eigenvalue weighted by Gasteiger charge is -1.94. The molecule has 0 rings (SSSR count). The maximum absolute atomic E-state index is 4.96. The zero-order valence-electron chi connectivity index (χ0n) is 4.61. The molecule has 0 atom stereocenters. The topological polar surface area (TPSA) is 21.3 Å². The van der Waals surface area contributed by atoms with Crippen molar-refractivity contribution in [2.24, 2.45) is 0 Å². The summed E-state index contributed by atoms with van der Waals surface area (Å²) in [4.78, 5) is 0. The normalized spacial score (nSPS) is 9.43. The van der Waals surface area contributed by atoms with Crippen molar-refractivity contribution in [3.05, 3.63) is 7.05 Å². The van der Waals surface area contributed by atoms with Gasteiger partial charge in [0.2, 0.25) is 0 Å². The van der Waals surface area contributed by atoms with Gasteiger partial charge in [0.05, 0.1) is 0 Å². The van der Waals surface area contributed by atoms with Crippen LogP contribution in [0.1, 0.15) is 6.42 Å². The van der Waals surface area contributed by atoms with Crippen molar-refractivity contribution in [3.8, 4) is 0 Å². The Balaban J connectivity index is 2.45. The van der Waals surface area contributed by atoms with Crippen molar-refractivity contribution < 1.29 is 4.74 Å². The molecule has 0 heterocycles. The number of hydrogen-bond acceptors (Lipinski definition) is 2. The minimum Gasteiger partial charge on any atom is -0.385 e. The zero-order valence-corrected chi connectivity index (χ0v) is 4.61. The minimum absolute atomic E-state index is 0.782. The molecule has 7 heavy (non-hydrogen) atoms. The maximum atomic E-state index is 4.96. The van der Waals surface area contributed by atoms with Crippen LogP contribution in [-0.4, -0.2) is 20.3 Å². The van der Waals surface area contributed by atoms with E-state index in [1.165, 1.54) is 0 Å². The first-order chi connectivity index (χ1) is 3.41. The van der Waals surface area contributed by atoms with Gasteiger partial charge in [-0.3, -0.25) is 0 Å². The second kappa shape index (κ2) is 5.92. The first kappa shape index (κ1) is 6.92. The molecule has 0 aromatic carbocycles. The summed E-state index contributed by atoms with van der Waals surface area (Å²) in [5.41, 5.74) is 0. The molecule has 0 saturated heterocycles. The third-order valence-corrected chi connectivity index (χ3v) is 0.670. The van der Waals surface area contributed by atoms with Gasteiger partial charge in [-0.2, -0.15) is 0 Å². The molecule has 0 saturated carbocycles. The smallest absolute Gasteiger partial charge is 0.0474 e. The second-order valence-corrected chi connectivity index (χ2v) is 1.30. The predicted molar refractivity (Wildman–Crippen MR) is 28.8 cm³/mol. The number of methoxy groups -OCH3 is 1. The van der Waals surface area contributed by atoms with Gasteiger partial charge in [-0.25, -0.2) is 0 Å². The predicted octanol–water partition coefficient (Wildman–Crippen LogP) is 0.281. The van der Waals surface area contributed by atoms with Crippen molar-refractivity contribution in [2.75, 3.05) is 20.3 Å². The SMILES string of the molecule is [CH]NCCCOC. The van der Waals surface area contributed by atoms with Gasteiger partial charge in [0, 0.05) is 20.8 Å². The fourth-order valence-corrected chi connectivity index (χ4v) is 0.319. The molecule has 0 spiro atoms. The van der Waals surface area contributed by atoms with Crippen LogP contribution in [0.5, 0.6) is 0 Å². The van der Waals surface area contributed by atoms with E-state index in [1.54, 1.807) is 7.11 Å². The van der Waals surface area contributed by atoms with Crippen LogP contribution in [0.4, 0.5) is 0 Å². The molecule has 0 aromatic heterocycles. The third kappa shape index (κ3) is 5.92. The van der Waals surface area contributed by atoms with E-state index < -0.39 is 0 Å². The number of ether oxygens (including phenoxy) is 1. The van der Waals surface area contributed by atoms with Crippen LogP contribution in [-0.2, 0) is 4.74 Å². The average Bonchev–Trinajstić information content (AvgIpc) is 1.69. The van der Waals surface area contributed by atoms with Gasteiger partial charge in [-0.1, -0.05) is 0 Å². The summed E-state index contributed by atoms with van der Waals surface area (Å²) in [5, 5.41) is 2.52. The van der Waals surface area contributed by atoms with Crippen LogP contribution in [0.15, 0.2) is 0 Å².